The predicted molar refractivity (Wildman–Crippen MR) is 158 cm³/mol. The quantitative estimate of drug-likeness (QED) is 0.0655. The van der Waals surface area contributed by atoms with Crippen LogP contribution in [0.25, 0.3) is 0 Å². The number of ether oxygens (including phenoxy) is 5. The van der Waals surface area contributed by atoms with Gasteiger partial charge in [-0.15, -0.1) is 0 Å². The van der Waals surface area contributed by atoms with Crippen LogP contribution in [0, 0.1) is 0 Å². The fourth-order valence-corrected chi connectivity index (χ4v) is 5.72. The van der Waals surface area contributed by atoms with Crippen molar-refractivity contribution in [1.29, 1.82) is 0 Å². The number of aliphatic hydroxyl groups excluding tert-OH is 7. The molecule has 1 unspecified atom stereocenters. The minimum atomic E-state index is -1.72. The molecule has 0 aromatic carbocycles. The molecule has 13 heteroatoms. The van der Waals surface area contributed by atoms with Crippen LogP contribution in [0.1, 0.15) is 103 Å². The van der Waals surface area contributed by atoms with Crippen molar-refractivity contribution < 1.29 is 64.2 Å². The van der Waals surface area contributed by atoms with Crippen molar-refractivity contribution in [2.24, 2.45) is 0 Å². The molecule has 2 aliphatic rings. The van der Waals surface area contributed by atoms with Gasteiger partial charge in [0.25, 0.3) is 0 Å². The van der Waals surface area contributed by atoms with Gasteiger partial charge in [-0.05, 0) is 19.3 Å². The first-order valence-electron chi connectivity index (χ1n) is 16.5. The highest BCUT2D eigenvalue weighted by Gasteiger charge is 2.51. The van der Waals surface area contributed by atoms with Gasteiger partial charge in [-0.2, -0.15) is 0 Å². The van der Waals surface area contributed by atoms with Crippen molar-refractivity contribution in [3.63, 3.8) is 0 Å². The summed E-state index contributed by atoms with van der Waals surface area (Å²) in [5.41, 5.74) is 0. The normalized spacial score (nSPS) is 33.3. The summed E-state index contributed by atoms with van der Waals surface area (Å²) in [4.78, 5) is 11.2. The van der Waals surface area contributed by atoms with Crippen LogP contribution >= 0.6 is 0 Å². The molecule has 0 amide bonds. The summed E-state index contributed by atoms with van der Waals surface area (Å²) >= 11 is 0. The summed E-state index contributed by atoms with van der Waals surface area (Å²) in [7, 11) is 1.40. The van der Waals surface area contributed by atoms with Crippen molar-refractivity contribution >= 4 is 5.97 Å². The van der Waals surface area contributed by atoms with Gasteiger partial charge in [0.15, 0.2) is 12.6 Å². The molecule has 2 rings (SSSR count). The molecule has 11 atom stereocenters. The number of aliphatic hydroxyl groups is 7. The van der Waals surface area contributed by atoms with Crippen LogP contribution in [0.2, 0.25) is 0 Å². The minimum absolute atomic E-state index is 0.167. The van der Waals surface area contributed by atoms with E-state index in [1.807, 2.05) is 0 Å². The monoisotopic (exact) mass is 638 g/mol. The molecule has 0 aromatic rings. The molecule has 2 saturated heterocycles. The molecule has 0 bridgehead atoms. The van der Waals surface area contributed by atoms with Crippen molar-refractivity contribution in [2.45, 2.75) is 171 Å². The Kier molecular flexibility index (Phi) is 19.4. The number of methoxy groups -OCH3 is 1. The minimum Gasteiger partial charge on any atom is -0.469 e. The maximum Gasteiger partial charge on any atom is 0.305 e. The van der Waals surface area contributed by atoms with Crippen LogP contribution in [0.15, 0.2) is 0 Å². The third kappa shape index (κ3) is 12.7. The second-order valence-corrected chi connectivity index (χ2v) is 12.1. The first-order valence-corrected chi connectivity index (χ1v) is 16.5. The number of carbonyl (C=O) groups is 1. The average molecular weight is 639 g/mol. The van der Waals surface area contributed by atoms with E-state index in [4.69, 9.17) is 18.9 Å². The zero-order valence-corrected chi connectivity index (χ0v) is 26.5. The van der Waals surface area contributed by atoms with Crippen molar-refractivity contribution in [2.75, 3.05) is 20.3 Å². The Morgan fingerprint density at radius 2 is 1.16 bits per heavy atom. The van der Waals surface area contributed by atoms with Crippen LogP contribution in [0.3, 0.4) is 0 Å². The van der Waals surface area contributed by atoms with E-state index in [1.165, 1.54) is 7.11 Å². The standard InChI is InChI=1S/C31H58O13/c1-3-4-5-12-15-20(16-13-10-8-6-7-9-11-14-17-23(34)40-2)41-31-29(27(38)25(36)22(19-33)43-31)44-30-28(39)26(37)24(35)21(18-32)42-30/h20-22,24-33,35-39H,3-19H2,1-2H3/t20?,21-,22-,24-,25-,26+,27+,28+,29+,30-,31-/m1/s1. The molecule has 0 aromatic heterocycles. The Morgan fingerprint density at radius 3 is 1.70 bits per heavy atom. The van der Waals surface area contributed by atoms with Crippen LogP contribution in [0.5, 0.6) is 0 Å². The van der Waals surface area contributed by atoms with E-state index >= 15 is 0 Å². The second kappa shape index (κ2) is 21.8. The Balaban J connectivity index is 1.98. The maximum atomic E-state index is 11.2. The molecule has 44 heavy (non-hydrogen) atoms. The summed E-state index contributed by atoms with van der Waals surface area (Å²) < 4.78 is 28.1. The third-order valence-electron chi connectivity index (χ3n) is 8.56. The summed E-state index contributed by atoms with van der Waals surface area (Å²) in [5.74, 6) is -0.167. The molecular formula is C31H58O13. The fourth-order valence-electron chi connectivity index (χ4n) is 5.72. The zero-order valence-electron chi connectivity index (χ0n) is 26.5. The van der Waals surface area contributed by atoms with Gasteiger partial charge in [0, 0.05) is 6.42 Å². The van der Waals surface area contributed by atoms with E-state index in [2.05, 4.69) is 11.7 Å². The Bertz CT molecular complexity index is 756. The lowest BCUT2D eigenvalue weighted by molar-refractivity contribution is -0.372. The molecule has 2 fully saturated rings. The first-order chi connectivity index (χ1) is 21.2. The van der Waals surface area contributed by atoms with Gasteiger partial charge in [0.2, 0.25) is 0 Å². The number of hydrogen-bond donors (Lipinski definition) is 7. The Labute approximate surface area is 261 Å². The van der Waals surface area contributed by atoms with E-state index in [-0.39, 0.29) is 12.1 Å². The summed E-state index contributed by atoms with van der Waals surface area (Å²) in [6.07, 6.45) is -0.759. The van der Waals surface area contributed by atoms with Gasteiger partial charge in [-0.25, -0.2) is 0 Å². The molecule has 2 heterocycles. The summed E-state index contributed by atoms with van der Waals surface area (Å²) in [5, 5.41) is 71.6. The Hall–Kier alpha value is -0.970. The first kappa shape index (κ1) is 39.2. The van der Waals surface area contributed by atoms with Crippen LogP contribution in [0.4, 0.5) is 0 Å². The lowest BCUT2D eigenvalue weighted by atomic mass is 9.97. The van der Waals surface area contributed by atoms with E-state index in [1.54, 1.807) is 0 Å². The highest BCUT2D eigenvalue weighted by molar-refractivity contribution is 5.68. The number of carbonyl (C=O) groups excluding carboxylic acids is 1. The van der Waals surface area contributed by atoms with Crippen molar-refractivity contribution in [3.8, 4) is 0 Å². The van der Waals surface area contributed by atoms with E-state index < -0.39 is 74.6 Å². The molecular weight excluding hydrogens is 580 g/mol. The molecule has 0 aliphatic carbocycles. The molecule has 7 N–H and O–H groups in total. The van der Waals surface area contributed by atoms with E-state index in [9.17, 15) is 40.5 Å². The predicted octanol–water partition coefficient (Wildman–Crippen LogP) is 1.04. The smallest absolute Gasteiger partial charge is 0.305 e. The SMILES string of the molecule is CCCCCCC(CCCCCCCCCCC(=O)OC)O[C@@H]1O[C@H](CO)[C@@H](O)[C@H](O)[C@@H]1O[C@H]1O[C@H](CO)[C@@H](O)[C@H](O)[C@@H]1O. The van der Waals surface area contributed by atoms with E-state index in [0.717, 1.165) is 89.9 Å². The van der Waals surface area contributed by atoms with Crippen LogP contribution in [-0.2, 0) is 28.5 Å². The zero-order chi connectivity index (χ0) is 32.5. The number of rotatable bonds is 22. The van der Waals surface area contributed by atoms with Gasteiger partial charge in [0.1, 0.15) is 48.8 Å². The lowest BCUT2D eigenvalue weighted by Gasteiger charge is -2.46. The number of esters is 1. The largest absolute Gasteiger partial charge is 0.469 e. The van der Waals surface area contributed by atoms with Gasteiger partial charge < -0.3 is 59.4 Å². The topological polar surface area (TPSA) is 205 Å². The Morgan fingerprint density at radius 1 is 0.659 bits per heavy atom. The average Bonchev–Trinajstić information content (AvgIpc) is 3.02. The molecule has 0 saturated carbocycles. The van der Waals surface area contributed by atoms with Gasteiger partial charge >= 0.3 is 5.97 Å². The lowest BCUT2D eigenvalue weighted by Crippen LogP contribution is -2.65. The van der Waals surface area contributed by atoms with Crippen LogP contribution in [-0.4, -0.2) is 130 Å². The fraction of sp³-hybridized carbons (Fsp3) is 0.968. The third-order valence-corrected chi connectivity index (χ3v) is 8.56. The number of unbranched alkanes of at least 4 members (excludes halogenated alkanes) is 10. The van der Waals surface area contributed by atoms with Gasteiger partial charge in [-0.3, -0.25) is 4.79 Å². The highest BCUT2D eigenvalue weighted by atomic mass is 16.8. The van der Waals surface area contributed by atoms with Crippen LogP contribution < -0.4 is 0 Å². The second-order valence-electron chi connectivity index (χ2n) is 12.1. The van der Waals surface area contributed by atoms with Crippen molar-refractivity contribution in [1.82, 2.24) is 0 Å². The molecule has 2 aliphatic heterocycles. The molecule has 0 spiro atoms. The van der Waals surface area contributed by atoms with Gasteiger partial charge in [0.05, 0.1) is 26.4 Å². The van der Waals surface area contributed by atoms with Crippen molar-refractivity contribution in [3.05, 3.63) is 0 Å². The molecule has 260 valence electrons. The van der Waals surface area contributed by atoms with Gasteiger partial charge in [-0.1, -0.05) is 77.6 Å². The maximum absolute atomic E-state index is 11.2. The summed E-state index contributed by atoms with van der Waals surface area (Å²) in [6, 6.07) is 0. The number of hydrogen-bond acceptors (Lipinski definition) is 13. The molecule has 0 radical (unpaired) electrons. The molecule has 13 nitrogen and oxygen atoms in total. The van der Waals surface area contributed by atoms with E-state index in [0.29, 0.717) is 6.42 Å². The summed E-state index contributed by atoms with van der Waals surface area (Å²) in [6.45, 7) is 0.902. The highest BCUT2D eigenvalue weighted by Crippen LogP contribution is 2.31.